The van der Waals surface area contributed by atoms with E-state index in [4.69, 9.17) is 16.3 Å². The lowest BCUT2D eigenvalue weighted by atomic mass is 9.98. The van der Waals surface area contributed by atoms with Gasteiger partial charge in [-0.3, -0.25) is 0 Å². The molecule has 0 heterocycles. The summed E-state index contributed by atoms with van der Waals surface area (Å²) in [7, 11) is 0. The normalized spacial score (nSPS) is 11.8. The summed E-state index contributed by atoms with van der Waals surface area (Å²) < 4.78 is 5.50. The van der Waals surface area contributed by atoms with Gasteiger partial charge in [-0.1, -0.05) is 78.0 Å². The second kappa shape index (κ2) is 8.86. The number of carbonyl (C=O) groups is 1. The predicted octanol–water partition coefficient (Wildman–Crippen LogP) is 5.62. The summed E-state index contributed by atoms with van der Waals surface area (Å²) in [6, 6.07) is 24.0. The van der Waals surface area contributed by atoms with Crippen molar-refractivity contribution in [3.05, 3.63) is 94.5 Å². The first kappa shape index (κ1) is 19.1. The van der Waals surface area contributed by atoms with Gasteiger partial charge in [-0.25, -0.2) is 4.79 Å². The van der Waals surface area contributed by atoms with Crippen molar-refractivity contribution in [3.63, 3.8) is 0 Å². The van der Waals surface area contributed by atoms with Crippen molar-refractivity contribution in [1.29, 1.82) is 0 Å². The molecule has 0 radical (unpaired) electrons. The van der Waals surface area contributed by atoms with E-state index in [1.54, 1.807) is 0 Å². The smallest absolute Gasteiger partial charge is 0.407 e. The van der Waals surface area contributed by atoms with Gasteiger partial charge in [0.25, 0.3) is 0 Å². The molecule has 3 nitrogen and oxygen atoms in total. The number of rotatable bonds is 4. The van der Waals surface area contributed by atoms with Crippen molar-refractivity contribution < 1.29 is 9.53 Å². The van der Waals surface area contributed by atoms with Crippen LogP contribution < -0.4 is 5.32 Å². The molecular formula is C25H20ClNO2. The van der Waals surface area contributed by atoms with Crippen LogP contribution in [0.15, 0.2) is 72.8 Å². The summed E-state index contributed by atoms with van der Waals surface area (Å²) >= 11 is 5.94. The number of halogens is 1. The molecule has 0 spiro atoms. The number of hydrogen-bond acceptors (Lipinski definition) is 2. The Morgan fingerprint density at radius 2 is 1.66 bits per heavy atom. The lowest BCUT2D eigenvalue weighted by Gasteiger charge is -2.14. The summed E-state index contributed by atoms with van der Waals surface area (Å²) in [5.74, 6) is 6.13. The van der Waals surface area contributed by atoms with Gasteiger partial charge < -0.3 is 10.1 Å². The van der Waals surface area contributed by atoms with Crippen LogP contribution in [0.4, 0.5) is 4.79 Å². The average Bonchev–Trinajstić information content (AvgIpc) is 3.06. The zero-order chi connectivity index (χ0) is 20.1. The van der Waals surface area contributed by atoms with Crippen LogP contribution in [0, 0.1) is 11.8 Å². The van der Waals surface area contributed by atoms with E-state index < -0.39 is 6.09 Å². The number of ether oxygens (including phenoxy) is 1. The highest BCUT2D eigenvalue weighted by Crippen LogP contribution is 2.44. The van der Waals surface area contributed by atoms with Gasteiger partial charge in [0.2, 0.25) is 0 Å². The Hall–Kier alpha value is -3.22. The molecular weight excluding hydrogens is 382 g/mol. The molecule has 0 atom stereocenters. The van der Waals surface area contributed by atoms with Crippen molar-refractivity contribution in [2.24, 2.45) is 0 Å². The highest BCUT2D eigenvalue weighted by molar-refractivity contribution is 6.30. The number of fused-ring (bicyclic) bond motifs is 3. The van der Waals surface area contributed by atoms with Crippen molar-refractivity contribution in [1.82, 2.24) is 5.32 Å². The Morgan fingerprint density at radius 3 is 2.34 bits per heavy atom. The van der Waals surface area contributed by atoms with E-state index in [0.717, 1.165) is 5.56 Å². The second-order valence-electron chi connectivity index (χ2n) is 6.81. The van der Waals surface area contributed by atoms with Gasteiger partial charge in [0.1, 0.15) is 6.61 Å². The molecule has 3 aromatic carbocycles. The minimum absolute atomic E-state index is 0.0655. The third-order valence-electron chi connectivity index (χ3n) is 4.92. The molecule has 0 bridgehead atoms. The van der Waals surface area contributed by atoms with Gasteiger partial charge in [-0.15, -0.1) is 0 Å². The standard InChI is InChI=1S/C25H20ClNO2/c26-19-10-7-9-18(16-19)8-5-6-15-27-25(28)29-17-24-22-13-3-1-11-20(22)21-12-2-4-14-23(21)24/h1-4,7,9-14,16,24H,6,15,17H2,(H,27,28). The Kier molecular flexibility index (Phi) is 5.84. The molecule has 0 aromatic heterocycles. The summed E-state index contributed by atoms with van der Waals surface area (Å²) in [5.41, 5.74) is 5.70. The molecule has 0 fully saturated rings. The first-order valence-electron chi connectivity index (χ1n) is 9.55. The average molecular weight is 402 g/mol. The van der Waals surface area contributed by atoms with Gasteiger partial charge in [0, 0.05) is 29.5 Å². The Balaban J connectivity index is 1.29. The maximum atomic E-state index is 12.1. The number of carbonyl (C=O) groups excluding carboxylic acids is 1. The van der Waals surface area contributed by atoms with Crippen LogP contribution in [-0.2, 0) is 4.74 Å². The SMILES string of the molecule is O=C(NCCC#Cc1cccc(Cl)c1)OCC1c2ccccc2-c2ccccc21. The lowest BCUT2D eigenvalue weighted by molar-refractivity contribution is 0.143. The van der Waals surface area contributed by atoms with Gasteiger partial charge in [-0.2, -0.15) is 0 Å². The summed E-state index contributed by atoms with van der Waals surface area (Å²) in [5, 5.41) is 3.42. The molecule has 1 amide bonds. The van der Waals surface area contributed by atoms with E-state index in [0.29, 0.717) is 24.6 Å². The fraction of sp³-hybridized carbons (Fsp3) is 0.160. The molecule has 0 saturated carbocycles. The fourth-order valence-electron chi connectivity index (χ4n) is 3.61. The van der Waals surface area contributed by atoms with Gasteiger partial charge in [-0.05, 0) is 40.5 Å². The monoisotopic (exact) mass is 401 g/mol. The largest absolute Gasteiger partial charge is 0.449 e. The van der Waals surface area contributed by atoms with Crippen LogP contribution in [0.1, 0.15) is 29.0 Å². The Morgan fingerprint density at radius 1 is 0.966 bits per heavy atom. The molecule has 0 aliphatic heterocycles. The van der Waals surface area contributed by atoms with Crippen LogP contribution in [0.2, 0.25) is 5.02 Å². The van der Waals surface area contributed by atoms with Crippen LogP contribution in [0.25, 0.3) is 11.1 Å². The quantitative estimate of drug-likeness (QED) is 0.455. The summed E-state index contributed by atoms with van der Waals surface area (Å²) in [6.45, 7) is 0.748. The molecule has 0 unspecified atom stereocenters. The fourth-order valence-corrected chi connectivity index (χ4v) is 3.80. The lowest BCUT2D eigenvalue weighted by Crippen LogP contribution is -2.26. The molecule has 1 aliphatic carbocycles. The Bertz CT molecular complexity index is 1050. The third kappa shape index (κ3) is 4.45. The first-order valence-corrected chi connectivity index (χ1v) is 9.93. The molecule has 144 valence electrons. The Labute approximate surface area is 175 Å². The van der Waals surface area contributed by atoms with Crippen molar-refractivity contribution in [2.75, 3.05) is 13.2 Å². The number of nitrogens with one attached hydrogen (secondary N) is 1. The summed E-state index contributed by atoms with van der Waals surface area (Å²) in [6.07, 6.45) is 0.118. The van der Waals surface area contributed by atoms with E-state index in [-0.39, 0.29) is 5.92 Å². The number of hydrogen-bond donors (Lipinski definition) is 1. The van der Waals surface area contributed by atoms with Gasteiger partial charge >= 0.3 is 6.09 Å². The summed E-state index contributed by atoms with van der Waals surface area (Å²) in [4.78, 5) is 12.1. The maximum Gasteiger partial charge on any atom is 0.407 e. The highest BCUT2D eigenvalue weighted by Gasteiger charge is 2.28. The molecule has 4 heteroatoms. The van der Waals surface area contributed by atoms with E-state index in [1.165, 1.54) is 22.3 Å². The molecule has 29 heavy (non-hydrogen) atoms. The van der Waals surface area contributed by atoms with Crippen LogP contribution in [0.5, 0.6) is 0 Å². The molecule has 4 rings (SSSR count). The van der Waals surface area contributed by atoms with Crippen molar-refractivity contribution in [2.45, 2.75) is 12.3 Å². The molecule has 1 aliphatic rings. The second-order valence-corrected chi connectivity index (χ2v) is 7.25. The van der Waals surface area contributed by atoms with E-state index in [9.17, 15) is 4.79 Å². The number of benzene rings is 3. The third-order valence-corrected chi connectivity index (χ3v) is 5.16. The minimum atomic E-state index is -0.420. The topological polar surface area (TPSA) is 38.3 Å². The maximum absolute atomic E-state index is 12.1. The molecule has 3 aromatic rings. The van der Waals surface area contributed by atoms with Gasteiger partial charge in [0.15, 0.2) is 0 Å². The molecule has 0 saturated heterocycles. The number of alkyl carbamates (subject to hydrolysis) is 1. The van der Waals surface area contributed by atoms with Crippen LogP contribution in [-0.4, -0.2) is 19.2 Å². The van der Waals surface area contributed by atoms with Crippen LogP contribution >= 0.6 is 11.6 Å². The zero-order valence-electron chi connectivity index (χ0n) is 15.8. The first-order chi connectivity index (χ1) is 14.2. The predicted molar refractivity (Wildman–Crippen MR) is 116 cm³/mol. The van der Waals surface area contributed by atoms with Crippen LogP contribution in [0.3, 0.4) is 0 Å². The van der Waals surface area contributed by atoms with E-state index in [1.807, 2.05) is 48.5 Å². The molecule has 1 N–H and O–H groups in total. The van der Waals surface area contributed by atoms with E-state index in [2.05, 4.69) is 41.4 Å². The van der Waals surface area contributed by atoms with Gasteiger partial charge in [0.05, 0.1) is 0 Å². The van der Waals surface area contributed by atoms with Crippen molar-refractivity contribution >= 4 is 17.7 Å². The highest BCUT2D eigenvalue weighted by atomic mass is 35.5. The minimum Gasteiger partial charge on any atom is -0.449 e. The van der Waals surface area contributed by atoms with Crippen molar-refractivity contribution in [3.8, 4) is 23.0 Å². The van der Waals surface area contributed by atoms with E-state index >= 15 is 0 Å². The number of amides is 1. The zero-order valence-corrected chi connectivity index (χ0v) is 16.6.